The fourth-order valence-electron chi connectivity index (χ4n) is 1.79. The molecule has 0 aliphatic rings. The highest BCUT2D eigenvalue weighted by Gasteiger charge is 2.08. The van der Waals surface area contributed by atoms with Crippen molar-refractivity contribution in [3.05, 3.63) is 54.6 Å². The first-order chi connectivity index (χ1) is 9.36. The number of nitrogens with one attached hydrogen (secondary N) is 1. The highest BCUT2D eigenvalue weighted by atomic mass is 16.5. The van der Waals surface area contributed by atoms with E-state index >= 15 is 0 Å². The van der Waals surface area contributed by atoms with Crippen molar-refractivity contribution in [1.82, 2.24) is 9.97 Å². The molecule has 1 heterocycles. The van der Waals surface area contributed by atoms with Gasteiger partial charge in [-0.25, -0.2) is 10.8 Å². The second-order valence-corrected chi connectivity index (χ2v) is 3.93. The maximum absolute atomic E-state index is 5.79. The number of nitrogens with two attached hydrogens (primary N) is 1. The zero-order chi connectivity index (χ0) is 13.1. The van der Waals surface area contributed by atoms with Crippen molar-refractivity contribution in [3.8, 4) is 11.6 Å². The summed E-state index contributed by atoms with van der Waals surface area (Å²) in [6.07, 6.45) is 0. The Morgan fingerprint density at radius 2 is 1.63 bits per heavy atom. The molecule has 0 unspecified atom stereocenters. The Kier molecular flexibility index (Phi) is 2.96. The number of aromatic nitrogens is 2. The van der Waals surface area contributed by atoms with Gasteiger partial charge in [-0.1, -0.05) is 30.3 Å². The minimum atomic E-state index is 0.324. The van der Waals surface area contributed by atoms with Crippen LogP contribution in [0.5, 0.6) is 11.6 Å². The lowest BCUT2D eigenvalue weighted by Crippen LogP contribution is -2.11. The van der Waals surface area contributed by atoms with Gasteiger partial charge in [-0.15, -0.1) is 0 Å². The van der Waals surface area contributed by atoms with Crippen LogP contribution in [0, 0.1) is 0 Å². The quantitative estimate of drug-likeness (QED) is 0.554. The van der Waals surface area contributed by atoms with Crippen molar-refractivity contribution < 1.29 is 4.74 Å². The average molecular weight is 252 g/mol. The molecule has 19 heavy (non-hydrogen) atoms. The molecule has 94 valence electrons. The van der Waals surface area contributed by atoms with Crippen LogP contribution in [-0.4, -0.2) is 9.97 Å². The second-order valence-electron chi connectivity index (χ2n) is 3.93. The van der Waals surface area contributed by atoms with Crippen LogP contribution in [0.3, 0.4) is 0 Å². The Morgan fingerprint density at radius 1 is 0.895 bits per heavy atom. The van der Waals surface area contributed by atoms with Crippen LogP contribution in [0.1, 0.15) is 0 Å². The van der Waals surface area contributed by atoms with Crippen LogP contribution >= 0.6 is 0 Å². The molecule has 0 bridgehead atoms. The standard InChI is InChI=1S/C14H12N4O/c15-18-14-16-12-9-5-4-8-11(12)13(17-14)19-10-6-2-1-3-7-10/h1-9H,15H2,(H,16,17,18). The number of anilines is 1. The number of nitrogen functional groups attached to an aromatic ring is 1. The maximum atomic E-state index is 5.79. The van der Waals surface area contributed by atoms with Gasteiger partial charge in [-0.3, -0.25) is 5.43 Å². The number of nitrogens with zero attached hydrogens (tertiary/aromatic N) is 2. The minimum Gasteiger partial charge on any atom is -0.438 e. The highest BCUT2D eigenvalue weighted by molar-refractivity contribution is 5.84. The summed E-state index contributed by atoms with van der Waals surface area (Å²) in [4.78, 5) is 8.51. The Balaban J connectivity index is 2.11. The summed E-state index contributed by atoms with van der Waals surface area (Å²) in [6, 6.07) is 17.1. The molecule has 1 aromatic heterocycles. The fraction of sp³-hybridized carbons (Fsp3) is 0. The van der Waals surface area contributed by atoms with Gasteiger partial charge in [0.05, 0.1) is 10.9 Å². The molecule has 0 aliphatic carbocycles. The van der Waals surface area contributed by atoms with E-state index in [1.807, 2.05) is 54.6 Å². The van der Waals surface area contributed by atoms with Crippen LogP contribution < -0.4 is 16.0 Å². The zero-order valence-electron chi connectivity index (χ0n) is 10.1. The van der Waals surface area contributed by atoms with E-state index in [0.29, 0.717) is 17.6 Å². The van der Waals surface area contributed by atoms with E-state index in [4.69, 9.17) is 10.6 Å². The lowest BCUT2D eigenvalue weighted by atomic mass is 10.2. The molecule has 0 spiro atoms. The van der Waals surface area contributed by atoms with Crippen LogP contribution in [0.2, 0.25) is 0 Å². The summed E-state index contributed by atoms with van der Waals surface area (Å²) in [5, 5.41) is 0.838. The molecule has 0 amide bonds. The van der Waals surface area contributed by atoms with Crippen molar-refractivity contribution in [2.45, 2.75) is 0 Å². The third-order valence-electron chi connectivity index (χ3n) is 2.66. The third-order valence-corrected chi connectivity index (χ3v) is 2.66. The largest absolute Gasteiger partial charge is 0.438 e. The molecule has 2 aromatic carbocycles. The Labute approximate surface area is 110 Å². The molecular weight excluding hydrogens is 240 g/mol. The molecular formula is C14H12N4O. The molecule has 5 nitrogen and oxygen atoms in total. The minimum absolute atomic E-state index is 0.324. The number of hydrazine groups is 1. The highest BCUT2D eigenvalue weighted by Crippen LogP contribution is 2.27. The van der Waals surface area contributed by atoms with Crippen LogP contribution in [0.25, 0.3) is 10.9 Å². The van der Waals surface area contributed by atoms with Crippen LogP contribution in [0.15, 0.2) is 54.6 Å². The van der Waals surface area contributed by atoms with Crippen molar-refractivity contribution in [1.29, 1.82) is 0 Å². The summed E-state index contributed by atoms with van der Waals surface area (Å²) in [7, 11) is 0. The first-order valence-electron chi connectivity index (χ1n) is 5.83. The molecule has 3 rings (SSSR count). The Hall–Kier alpha value is -2.66. The van der Waals surface area contributed by atoms with Gasteiger partial charge in [0.1, 0.15) is 5.75 Å². The number of ether oxygens (including phenoxy) is 1. The molecule has 0 saturated heterocycles. The molecule has 0 saturated carbocycles. The van der Waals surface area contributed by atoms with Crippen molar-refractivity contribution >= 4 is 16.9 Å². The number of para-hydroxylation sites is 2. The van der Waals surface area contributed by atoms with Crippen molar-refractivity contribution in [3.63, 3.8) is 0 Å². The predicted molar refractivity (Wildman–Crippen MR) is 73.9 cm³/mol. The SMILES string of the molecule is NNc1nc(Oc2ccccc2)c2ccccc2n1. The molecule has 0 aliphatic heterocycles. The monoisotopic (exact) mass is 252 g/mol. The molecule has 0 radical (unpaired) electrons. The summed E-state index contributed by atoms with van der Waals surface area (Å²) in [5.41, 5.74) is 3.22. The topological polar surface area (TPSA) is 73.1 Å². The van der Waals surface area contributed by atoms with Gasteiger partial charge in [0.15, 0.2) is 0 Å². The predicted octanol–water partition coefficient (Wildman–Crippen LogP) is 2.71. The van der Waals surface area contributed by atoms with Gasteiger partial charge >= 0.3 is 0 Å². The molecule has 3 aromatic rings. The summed E-state index contributed by atoms with van der Waals surface area (Å²) in [6.45, 7) is 0. The fourth-order valence-corrected chi connectivity index (χ4v) is 1.79. The van der Waals surface area contributed by atoms with Gasteiger partial charge < -0.3 is 4.74 Å². The van der Waals surface area contributed by atoms with Gasteiger partial charge in [0.25, 0.3) is 0 Å². The van der Waals surface area contributed by atoms with Gasteiger partial charge in [0.2, 0.25) is 11.8 Å². The number of hydrogen-bond acceptors (Lipinski definition) is 5. The van der Waals surface area contributed by atoms with E-state index in [0.717, 1.165) is 10.9 Å². The first-order valence-corrected chi connectivity index (χ1v) is 5.83. The van der Waals surface area contributed by atoms with Crippen LogP contribution in [0.4, 0.5) is 5.95 Å². The Bertz CT molecular complexity index is 700. The van der Waals surface area contributed by atoms with Crippen molar-refractivity contribution in [2.75, 3.05) is 5.43 Å². The van der Waals surface area contributed by atoms with E-state index in [1.54, 1.807) is 0 Å². The van der Waals surface area contributed by atoms with E-state index in [9.17, 15) is 0 Å². The Morgan fingerprint density at radius 3 is 2.42 bits per heavy atom. The number of rotatable bonds is 3. The van der Waals surface area contributed by atoms with E-state index in [1.165, 1.54) is 0 Å². The van der Waals surface area contributed by atoms with E-state index in [2.05, 4.69) is 15.4 Å². The van der Waals surface area contributed by atoms with Gasteiger partial charge in [0, 0.05) is 0 Å². The summed E-state index contributed by atoms with van der Waals surface area (Å²) < 4.78 is 5.79. The summed E-state index contributed by atoms with van der Waals surface area (Å²) in [5.74, 6) is 6.89. The second kappa shape index (κ2) is 4.91. The molecule has 3 N–H and O–H groups in total. The number of hydrogen-bond donors (Lipinski definition) is 2. The smallest absolute Gasteiger partial charge is 0.241 e. The molecule has 5 heteroatoms. The first kappa shape index (κ1) is 11.4. The van der Waals surface area contributed by atoms with Gasteiger partial charge in [-0.05, 0) is 24.3 Å². The lowest BCUT2D eigenvalue weighted by molar-refractivity contribution is 0.469. The number of benzene rings is 2. The normalized spacial score (nSPS) is 10.4. The van der Waals surface area contributed by atoms with Gasteiger partial charge in [-0.2, -0.15) is 4.98 Å². The average Bonchev–Trinajstić information content (AvgIpc) is 2.48. The van der Waals surface area contributed by atoms with E-state index in [-0.39, 0.29) is 0 Å². The van der Waals surface area contributed by atoms with E-state index < -0.39 is 0 Å². The summed E-state index contributed by atoms with van der Waals surface area (Å²) >= 11 is 0. The third kappa shape index (κ3) is 2.31. The lowest BCUT2D eigenvalue weighted by Gasteiger charge is -2.09. The van der Waals surface area contributed by atoms with Crippen molar-refractivity contribution in [2.24, 2.45) is 5.84 Å². The number of fused-ring (bicyclic) bond motifs is 1. The molecule has 0 atom stereocenters. The molecule has 0 fully saturated rings. The van der Waals surface area contributed by atoms with Crippen LogP contribution in [-0.2, 0) is 0 Å². The zero-order valence-corrected chi connectivity index (χ0v) is 10.1. The maximum Gasteiger partial charge on any atom is 0.241 e.